The summed E-state index contributed by atoms with van der Waals surface area (Å²) >= 11 is 0. The number of amides is 1. The van der Waals surface area contributed by atoms with Crippen molar-refractivity contribution >= 4 is 11.7 Å². The molecule has 2 aromatic heterocycles. The zero-order valence-corrected chi connectivity index (χ0v) is 13.0. The summed E-state index contributed by atoms with van der Waals surface area (Å²) in [6.45, 7) is 1.82. The molecule has 1 N–H and O–H groups in total. The summed E-state index contributed by atoms with van der Waals surface area (Å²) < 4.78 is 13.2. The van der Waals surface area contributed by atoms with Gasteiger partial charge in [0.2, 0.25) is 0 Å². The minimum absolute atomic E-state index is 0.268. The Hall–Kier alpha value is -3.15. The topological polar surface area (TPSA) is 67.8 Å². The molecule has 0 fully saturated rings. The average molecular weight is 322 g/mol. The number of pyridine rings is 1. The summed E-state index contributed by atoms with van der Waals surface area (Å²) in [5, 5.41) is 10.4. The fraction of sp³-hybridized carbons (Fsp3) is 0.111. The molecule has 5 nitrogen and oxygen atoms in total. The van der Waals surface area contributed by atoms with Crippen LogP contribution in [0.5, 0.6) is 0 Å². The lowest BCUT2D eigenvalue weighted by Crippen LogP contribution is -2.15. The van der Waals surface area contributed by atoms with Crippen molar-refractivity contribution in [2.75, 3.05) is 5.32 Å². The van der Waals surface area contributed by atoms with Crippen molar-refractivity contribution in [1.82, 2.24) is 15.2 Å². The van der Waals surface area contributed by atoms with Crippen LogP contribution in [0.2, 0.25) is 0 Å². The maximum absolute atomic E-state index is 13.2. The minimum atomic E-state index is -0.356. The molecule has 3 aromatic rings. The van der Waals surface area contributed by atoms with Crippen LogP contribution in [0.15, 0.2) is 54.7 Å². The molecule has 0 radical (unpaired) electrons. The van der Waals surface area contributed by atoms with Crippen LogP contribution in [-0.4, -0.2) is 21.1 Å². The number of anilines is 1. The number of hydrogen-bond donors (Lipinski definition) is 1. The number of hydrogen-bond acceptors (Lipinski definition) is 4. The molecule has 120 valence electrons. The molecule has 0 atom stereocenters. The van der Waals surface area contributed by atoms with Gasteiger partial charge in [0.05, 0.1) is 5.69 Å². The molecular weight excluding hydrogens is 307 g/mol. The van der Waals surface area contributed by atoms with Gasteiger partial charge < -0.3 is 5.32 Å². The molecule has 0 aliphatic rings. The molecule has 3 rings (SSSR count). The highest BCUT2D eigenvalue weighted by Gasteiger charge is 2.09. The number of nitrogens with zero attached hydrogens (tertiary/aromatic N) is 3. The lowest BCUT2D eigenvalue weighted by molar-refractivity contribution is 0.102. The maximum atomic E-state index is 13.2. The van der Waals surface area contributed by atoms with Crippen molar-refractivity contribution in [3.8, 4) is 0 Å². The molecule has 0 bridgehead atoms. The minimum Gasteiger partial charge on any atom is -0.304 e. The van der Waals surface area contributed by atoms with E-state index in [4.69, 9.17) is 0 Å². The molecule has 6 heteroatoms. The zero-order valence-electron chi connectivity index (χ0n) is 13.0. The first-order valence-electron chi connectivity index (χ1n) is 7.41. The molecule has 0 aliphatic heterocycles. The summed E-state index contributed by atoms with van der Waals surface area (Å²) in [7, 11) is 0. The van der Waals surface area contributed by atoms with Gasteiger partial charge in [0.15, 0.2) is 5.82 Å². The normalized spacial score (nSPS) is 10.4. The first-order valence-corrected chi connectivity index (χ1v) is 7.41. The highest BCUT2D eigenvalue weighted by molar-refractivity contribution is 6.02. The Bertz CT molecular complexity index is 848. The van der Waals surface area contributed by atoms with Crippen LogP contribution in [-0.2, 0) is 6.42 Å². The molecule has 0 saturated carbocycles. The van der Waals surface area contributed by atoms with Gasteiger partial charge in [-0.2, -0.15) is 5.10 Å². The molecular formula is C18H15FN4O. The van der Waals surface area contributed by atoms with Gasteiger partial charge in [-0.25, -0.2) is 4.39 Å². The molecule has 1 aromatic carbocycles. The van der Waals surface area contributed by atoms with E-state index in [9.17, 15) is 9.18 Å². The van der Waals surface area contributed by atoms with Crippen LogP contribution in [0.25, 0.3) is 0 Å². The van der Waals surface area contributed by atoms with Gasteiger partial charge in [-0.3, -0.25) is 9.78 Å². The van der Waals surface area contributed by atoms with E-state index in [0.29, 0.717) is 12.2 Å². The summed E-state index contributed by atoms with van der Waals surface area (Å²) in [6, 6.07) is 13.3. The van der Waals surface area contributed by atoms with E-state index in [1.54, 1.807) is 36.5 Å². The Balaban J connectivity index is 1.67. The van der Waals surface area contributed by atoms with Gasteiger partial charge in [-0.15, -0.1) is 5.10 Å². The molecule has 0 spiro atoms. The standard InChI is InChI=1S/C18H15FN4O/c1-12-5-8-17(23-22-12)21-18(24)16-7-6-14(11-20-16)9-13-3-2-4-15(19)10-13/h2-8,10-11H,9H2,1H3,(H,21,23,24). The van der Waals surface area contributed by atoms with E-state index in [1.165, 1.54) is 12.1 Å². The summed E-state index contributed by atoms with van der Waals surface area (Å²) in [5.74, 6) is -0.252. The summed E-state index contributed by atoms with van der Waals surface area (Å²) in [6.07, 6.45) is 2.16. The lowest BCUT2D eigenvalue weighted by Gasteiger charge is -2.05. The Morgan fingerprint density at radius 2 is 1.96 bits per heavy atom. The average Bonchev–Trinajstić information content (AvgIpc) is 2.57. The fourth-order valence-corrected chi connectivity index (χ4v) is 2.19. The van der Waals surface area contributed by atoms with Crippen LogP contribution in [0.1, 0.15) is 27.3 Å². The number of benzene rings is 1. The van der Waals surface area contributed by atoms with E-state index in [1.807, 2.05) is 13.0 Å². The van der Waals surface area contributed by atoms with Crippen molar-refractivity contribution < 1.29 is 9.18 Å². The van der Waals surface area contributed by atoms with Crippen molar-refractivity contribution in [3.63, 3.8) is 0 Å². The third-order valence-corrected chi connectivity index (χ3v) is 3.39. The van der Waals surface area contributed by atoms with E-state index in [2.05, 4.69) is 20.5 Å². The van der Waals surface area contributed by atoms with Crippen LogP contribution in [0, 0.1) is 12.7 Å². The number of aryl methyl sites for hydroxylation is 1. The van der Waals surface area contributed by atoms with Gasteiger partial charge >= 0.3 is 0 Å². The van der Waals surface area contributed by atoms with Crippen LogP contribution >= 0.6 is 0 Å². The summed E-state index contributed by atoms with van der Waals surface area (Å²) in [4.78, 5) is 16.3. The van der Waals surface area contributed by atoms with Crippen LogP contribution in [0.3, 0.4) is 0 Å². The van der Waals surface area contributed by atoms with Gasteiger partial charge in [0.25, 0.3) is 5.91 Å². The van der Waals surface area contributed by atoms with E-state index in [-0.39, 0.29) is 17.4 Å². The van der Waals surface area contributed by atoms with Crippen LogP contribution < -0.4 is 5.32 Å². The van der Waals surface area contributed by atoms with Gasteiger partial charge in [-0.05, 0) is 54.8 Å². The van der Waals surface area contributed by atoms with Crippen molar-refractivity contribution in [3.05, 3.63) is 83.1 Å². The molecule has 0 aliphatic carbocycles. The SMILES string of the molecule is Cc1ccc(NC(=O)c2ccc(Cc3cccc(F)c3)cn2)nn1. The number of carbonyl (C=O) groups is 1. The fourth-order valence-electron chi connectivity index (χ4n) is 2.19. The Labute approximate surface area is 138 Å². The molecule has 0 unspecified atom stereocenters. The molecule has 1 amide bonds. The smallest absolute Gasteiger partial charge is 0.275 e. The Morgan fingerprint density at radius 3 is 2.62 bits per heavy atom. The quantitative estimate of drug-likeness (QED) is 0.801. The third kappa shape index (κ3) is 3.98. The van der Waals surface area contributed by atoms with E-state index >= 15 is 0 Å². The van der Waals surface area contributed by atoms with Crippen molar-refractivity contribution in [2.45, 2.75) is 13.3 Å². The number of aromatic nitrogens is 3. The first kappa shape index (κ1) is 15.7. The predicted octanol–water partition coefficient (Wildman–Crippen LogP) is 3.16. The monoisotopic (exact) mass is 322 g/mol. The number of halogens is 1. The number of carbonyl (C=O) groups excluding carboxylic acids is 1. The van der Waals surface area contributed by atoms with E-state index < -0.39 is 0 Å². The first-order chi connectivity index (χ1) is 11.6. The molecule has 24 heavy (non-hydrogen) atoms. The second kappa shape index (κ2) is 6.95. The highest BCUT2D eigenvalue weighted by Crippen LogP contribution is 2.11. The largest absolute Gasteiger partial charge is 0.304 e. The van der Waals surface area contributed by atoms with Gasteiger partial charge in [0, 0.05) is 6.20 Å². The summed E-state index contributed by atoms with van der Waals surface area (Å²) in [5.41, 5.74) is 2.80. The third-order valence-electron chi connectivity index (χ3n) is 3.39. The predicted molar refractivity (Wildman–Crippen MR) is 88.2 cm³/mol. The second-order valence-corrected chi connectivity index (χ2v) is 5.37. The highest BCUT2D eigenvalue weighted by atomic mass is 19.1. The number of rotatable bonds is 4. The maximum Gasteiger partial charge on any atom is 0.275 e. The van der Waals surface area contributed by atoms with Crippen molar-refractivity contribution in [2.24, 2.45) is 0 Å². The Kier molecular flexibility index (Phi) is 4.56. The molecule has 0 saturated heterocycles. The lowest BCUT2D eigenvalue weighted by atomic mass is 10.1. The van der Waals surface area contributed by atoms with Gasteiger partial charge in [-0.1, -0.05) is 18.2 Å². The van der Waals surface area contributed by atoms with Gasteiger partial charge in [0.1, 0.15) is 11.5 Å². The molecule has 2 heterocycles. The number of nitrogens with one attached hydrogen (secondary N) is 1. The van der Waals surface area contributed by atoms with Crippen molar-refractivity contribution in [1.29, 1.82) is 0 Å². The van der Waals surface area contributed by atoms with Crippen LogP contribution in [0.4, 0.5) is 10.2 Å². The zero-order chi connectivity index (χ0) is 16.9. The second-order valence-electron chi connectivity index (χ2n) is 5.37. The Morgan fingerprint density at radius 1 is 1.08 bits per heavy atom. The van der Waals surface area contributed by atoms with E-state index in [0.717, 1.165) is 16.8 Å².